The molecule has 0 amide bonds. The van der Waals surface area contributed by atoms with Crippen molar-refractivity contribution >= 4 is 11.9 Å². The Hall–Kier alpha value is -2.60. The molecule has 6 nitrogen and oxygen atoms in total. The highest BCUT2D eigenvalue weighted by Gasteiger charge is 2.01. The van der Waals surface area contributed by atoms with Crippen LogP contribution in [0, 0.1) is 0 Å². The van der Waals surface area contributed by atoms with Gasteiger partial charge in [-0.15, -0.1) is 0 Å². The van der Waals surface area contributed by atoms with E-state index >= 15 is 0 Å². The van der Waals surface area contributed by atoms with Crippen LogP contribution in [0.15, 0.2) is 55.1 Å². The fourth-order valence-corrected chi connectivity index (χ4v) is 1.15. The minimum atomic E-state index is -0.981. The van der Waals surface area contributed by atoms with E-state index in [1.54, 1.807) is 6.92 Å². The molecule has 0 unspecified atom stereocenters. The number of benzene rings is 1. The van der Waals surface area contributed by atoms with Crippen molar-refractivity contribution in [3.63, 3.8) is 0 Å². The van der Waals surface area contributed by atoms with Gasteiger partial charge in [-0.25, -0.2) is 9.59 Å². The minimum Gasteiger partial charge on any atom is -0.491 e. The van der Waals surface area contributed by atoms with E-state index in [1.807, 2.05) is 30.3 Å². The summed E-state index contributed by atoms with van der Waals surface area (Å²) < 4.78 is 15.5. The lowest BCUT2D eigenvalue weighted by Gasteiger charge is -2.07. The molecule has 0 aliphatic carbocycles. The van der Waals surface area contributed by atoms with Crippen LogP contribution in [0.5, 0.6) is 5.75 Å². The van der Waals surface area contributed by atoms with Crippen molar-refractivity contribution in [2.75, 3.05) is 26.4 Å². The van der Waals surface area contributed by atoms with Gasteiger partial charge in [0, 0.05) is 11.6 Å². The molecular formula is C17H22O6. The molecule has 0 heterocycles. The van der Waals surface area contributed by atoms with Gasteiger partial charge >= 0.3 is 11.9 Å². The van der Waals surface area contributed by atoms with Crippen molar-refractivity contribution in [1.29, 1.82) is 0 Å². The second-order valence-electron chi connectivity index (χ2n) is 4.23. The lowest BCUT2D eigenvalue weighted by molar-refractivity contribution is -0.140. The van der Waals surface area contributed by atoms with Crippen LogP contribution in [0.25, 0.3) is 0 Å². The molecule has 0 fully saturated rings. The van der Waals surface area contributed by atoms with Gasteiger partial charge in [0.05, 0.1) is 13.2 Å². The predicted molar refractivity (Wildman–Crippen MR) is 86.4 cm³/mol. The van der Waals surface area contributed by atoms with E-state index in [0.717, 1.165) is 11.8 Å². The monoisotopic (exact) mass is 322 g/mol. The van der Waals surface area contributed by atoms with Crippen LogP contribution in [0.2, 0.25) is 0 Å². The summed E-state index contributed by atoms with van der Waals surface area (Å²) in [6.45, 7) is 9.57. The van der Waals surface area contributed by atoms with Gasteiger partial charge in [0.2, 0.25) is 0 Å². The first-order chi connectivity index (χ1) is 11.0. The van der Waals surface area contributed by atoms with Crippen molar-refractivity contribution in [2.45, 2.75) is 6.92 Å². The SMILES string of the molecule is C=C(C)C(=O)OCCOCCOc1ccccc1.C=CC(=O)O. The topological polar surface area (TPSA) is 82.1 Å². The Morgan fingerprint density at radius 2 is 1.70 bits per heavy atom. The van der Waals surface area contributed by atoms with Gasteiger partial charge in [-0.05, 0) is 19.1 Å². The Labute approximate surface area is 136 Å². The molecule has 1 aromatic rings. The molecule has 1 aromatic carbocycles. The van der Waals surface area contributed by atoms with Gasteiger partial charge in [0.25, 0.3) is 0 Å². The summed E-state index contributed by atoms with van der Waals surface area (Å²) >= 11 is 0. The first-order valence-electron chi connectivity index (χ1n) is 6.91. The number of carboxylic acid groups (broad SMARTS) is 1. The second kappa shape index (κ2) is 13.1. The maximum absolute atomic E-state index is 11.0. The van der Waals surface area contributed by atoms with E-state index in [1.165, 1.54) is 0 Å². The summed E-state index contributed by atoms with van der Waals surface area (Å²) in [6.07, 6.45) is 0.833. The summed E-state index contributed by atoms with van der Waals surface area (Å²) in [6, 6.07) is 9.52. The molecule has 0 saturated carbocycles. The molecule has 0 aliphatic heterocycles. The lowest BCUT2D eigenvalue weighted by Crippen LogP contribution is -2.13. The van der Waals surface area contributed by atoms with Crippen LogP contribution in [0.4, 0.5) is 0 Å². The third-order valence-electron chi connectivity index (χ3n) is 2.22. The maximum atomic E-state index is 11.0. The van der Waals surface area contributed by atoms with Crippen LogP contribution >= 0.6 is 0 Å². The van der Waals surface area contributed by atoms with E-state index in [-0.39, 0.29) is 12.6 Å². The third kappa shape index (κ3) is 12.8. The van der Waals surface area contributed by atoms with Crippen LogP contribution < -0.4 is 4.74 Å². The number of rotatable bonds is 9. The van der Waals surface area contributed by atoms with Crippen molar-refractivity contribution in [3.8, 4) is 5.75 Å². The molecule has 0 aromatic heterocycles. The van der Waals surface area contributed by atoms with E-state index in [2.05, 4.69) is 13.2 Å². The Bertz CT molecular complexity index is 495. The van der Waals surface area contributed by atoms with Crippen LogP contribution in [0.1, 0.15) is 6.92 Å². The standard InChI is InChI=1S/C14H18O4.C3H4O2/c1-12(2)14(15)18-11-9-16-8-10-17-13-6-4-3-5-7-13;1-2-3(4)5/h3-7H,1,8-11H2,2H3;2H,1H2,(H,4,5). The molecule has 0 saturated heterocycles. The second-order valence-corrected chi connectivity index (χ2v) is 4.23. The van der Waals surface area contributed by atoms with E-state index < -0.39 is 5.97 Å². The smallest absolute Gasteiger partial charge is 0.333 e. The number of ether oxygens (including phenoxy) is 3. The van der Waals surface area contributed by atoms with E-state index in [9.17, 15) is 9.59 Å². The third-order valence-corrected chi connectivity index (χ3v) is 2.22. The summed E-state index contributed by atoms with van der Waals surface area (Å²) in [7, 11) is 0. The van der Waals surface area contributed by atoms with Gasteiger partial charge in [-0.3, -0.25) is 0 Å². The molecule has 23 heavy (non-hydrogen) atoms. The normalized spacial score (nSPS) is 9.09. The quantitative estimate of drug-likeness (QED) is 0.427. The van der Waals surface area contributed by atoms with Crippen molar-refractivity contribution in [2.24, 2.45) is 0 Å². The van der Waals surface area contributed by atoms with Crippen LogP contribution in [-0.4, -0.2) is 43.5 Å². The first-order valence-corrected chi connectivity index (χ1v) is 6.91. The van der Waals surface area contributed by atoms with Gasteiger partial charge in [-0.1, -0.05) is 31.4 Å². The molecule has 0 spiro atoms. The number of carbonyl (C=O) groups is 2. The highest BCUT2D eigenvalue weighted by Crippen LogP contribution is 2.07. The Morgan fingerprint density at radius 1 is 1.13 bits per heavy atom. The number of carboxylic acids is 1. The molecule has 6 heteroatoms. The molecule has 0 atom stereocenters. The van der Waals surface area contributed by atoms with Crippen LogP contribution in [-0.2, 0) is 19.1 Å². The molecule has 1 N–H and O–H groups in total. The molecule has 0 bridgehead atoms. The summed E-state index contributed by atoms with van der Waals surface area (Å²) in [5.41, 5.74) is 0.391. The zero-order chi connectivity index (χ0) is 17.5. The minimum absolute atomic E-state index is 0.233. The average molecular weight is 322 g/mol. The van der Waals surface area contributed by atoms with Crippen molar-refractivity contribution < 1.29 is 28.9 Å². The van der Waals surface area contributed by atoms with E-state index in [0.29, 0.717) is 25.4 Å². The lowest BCUT2D eigenvalue weighted by atomic mass is 10.3. The van der Waals surface area contributed by atoms with E-state index in [4.69, 9.17) is 19.3 Å². The zero-order valence-corrected chi connectivity index (χ0v) is 13.2. The van der Waals surface area contributed by atoms with Gasteiger partial charge in [0.15, 0.2) is 0 Å². The fraction of sp³-hybridized carbons (Fsp3) is 0.294. The molecule has 126 valence electrons. The molecule has 1 rings (SSSR count). The summed E-state index contributed by atoms with van der Waals surface area (Å²) in [5, 5.41) is 7.60. The number of carbonyl (C=O) groups excluding carboxylic acids is 1. The largest absolute Gasteiger partial charge is 0.491 e. The number of hydrogen-bond acceptors (Lipinski definition) is 5. The number of esters is 1. The summed E-state index contributed by atoms with van der Waals surface area (Å²) in [4.78, 5) is 20.3. The van der Waals surface area contributed by atoms with Gasteiger partial charge < -0.3 is 19.3 Å². The molecule has 0 radical (unpaired) electrons. The van der Waals surface area contributed by atoms with Crippen molar-refractivity contribution in [1.82, 2.24) is 0 Å². The number of hydrogen-bond donors (Lipinski definition) is 1. The number of aliphatic carboxylic acids is 1. The average Bonchev–Trinajstić information content (AvgIpc) is 2.55. The zero-order valence-electron chi connectivity index (χ0n) is 13.2. The molecule has 0 aliphatic rings. The highest BCUT2D eigenvalue weighted by molar-refractivity contribution is 5.86. The first kappa shape index (κ1) is 20.4. The Kier molecular flexibility index (Phi) is 11.6. The van der Waals surface area contributed by atoms with Gasteiger partial charge in [0.1, 0.15) is 19.0 Å². The maximum Gasteiger partial charge on any atom is 0.333 e. The Balaban J connectivity index is 0.000000841. The summed E-state index contributed by atoms with van der Waals surface area (Å²) in [5.74, 6) is -0.557. The highest BCUT2D eigenvalue weighted by atomic mass is 16.6. The Morgan fingerprint density at radius 3 is 2.22 bits per heavy atom. The van der Waals surface area contributed by atoms with Gasteiger partial charge in [-0.2, -0.15) is 0 Å². The molecular weight excluding hydrogens is 300 g/mol. The van der Waals surface area contributed by atoms with Crippen molar-refractivity contribution in [3.05, 3.63) is 55.1 Å². The number of para-hydroxylation sites is 1. The van der Waals surface area contributed by atoms with Crippen LogP contribution in [0.3, 0.4) is 0 Å². The predicted octanol–water partition coefficient (Wildman–Crippen LogP) is 2.46. The fourth-order valence-electron chi connectivity index (χ4n) is 1.15.